The van der Waals surface area contributed by atoms with E-state index in [2.05, 4.69) is 27.7 Å². The number of hydrogen-bond acceptors (Lipinski definition) is 2. The molecule has 0 amide bonds. The summed E-state index contributed by atoms with van der Waals surface area (Å²) >= 11 is 0. The third-order valence-electron chi connectivity index (χ3n) is 4.33. The van der Waals surface area contributed by atoms with Crippen molar-refractivity contribution in [3.63, 3.8) is 0 Å². The molecule has 2 heteroatoms. The molecule has 1 saturated carbocycles. The molecule has 1 fully saturated rings. The maximum absolute atomic E-state index is 5.90. The lowest BCUT2D eigenvalue weighted by atomic mass is 9.78. The molecule has 0 bridgehead atoms. The van der Waals surface area contributed by atoms with Gasteiger partial charge in [-0.15, -0.1) is 0 Å². The summed E-state index contributed by atoms with van der Waals surface area (Å²) in [7, 11) is 0. The van der Waals surface area contributed by atoms with Crippen molar-refractivity contribution in [1.29, 1.82) is 0 Å². The minimum absolute atomic E-state index is 0.176. The van der Waals surface area contributed by atoms with Crippen molar-refractivity contribution in [2.45, 2.75) is 85.5 Å². The first kappa shape index (κ1) is 19.1. The highest BCUT2D eigenvalue weighted by Crippen LogP contribution is 2.34. The van der Waals surface area contributed by atoms with Gasteiger partial charge in [-0.1, -0.05) is 44.9 Å². The Balaban J connectivity index is 2.69. The second-order valence-corrected chi connectivity index (χ2v) is 7.49. The summed E-state index contributed by atoms with van der Waals surface area (Å²) in [6.45, 7) is 9.91. The average Bonchev–Trinajstić information content (AvgIpc) is 2.45. The van der Waals surface area contributed by atoms with E-state index in [-0.39, 0.29) is 5.41 Å². The maximum Gasteiger partial charge on any atom is 0.0962 e. The Morgan fingerprint density at radius 2 is 1.05 bits per heavy atom. The molecule has 0 aromatic carbocycles. The van der Waals surface area contributed by atoms with Gasteiger partial charge in [0.25, 0.3) is 0 Å². The van der Waals surface area contributed by atoms with Crippen LogP contribution in [0.4, 0.5) is 0 Å². The van der Waals surface area contributed by atoms with Crippen molar-refractivity contribution in [2.75, 3.05) is 13.2 Å². The van der Waals surface area contributed by atoms with Crippen LogP contribution < -0.4 is 0 Å². The summed E-state index contributed by atoms with van der Waals surface area (Å²) in [5.74, 6) is 0. The van der Waals surface area contributed by atoms with Gasteiger partial charge in [0.1, 0.15) is 0 Å². The molecule has 0 aromatic rings. The largest absolute Gasteiger partial charge is 0.501 e. The number of hydrogen-bond donors (Lipinski definition) is 0. The second-order valence-electron chi connectivity index (χ2n) is 7.49. The normalized spacial score (nSPS) is 18.9. The summed E-state index contributed by atoms with van der Waals surface area (Å²) in [5, 5.41) is 0. The van der Waals surface area contributed by atoms with E-state index < -0.39 is 0 Å². The standard InChI is InChI=1S/C20H36O2/c1-18(2)14-21-16-20(17-22-15-19(3)4)12-10-8-6-5-7-9-11-13-20/h14-15H,5-13,16-17H2,1-4H3. The highest BCUT2D eigenvalue weighted by atomic mass is 16.5. The van der Waals surface area contributed by atoms with Gasteiger partial charge < -0.3 is 9.47 Å². The molecule has 22 heavy (non-hydrogen) atoms. The predicted octanol–water partition coefficient (Wildman–Crippen LogP) is 6.38. The zero-order valence-corrected chi connectivity index (χ0v) is 15.2. The fraction of sp³-hybridized carbons (Fsp3) is 0.800. The molecule has 128 valence electrons. The lowest BCUT2D eigenvalue weighted by molar-refractivity contribution is 0.0192. The fourth-order valence-corrected chi connectivity index (χ4v) is 3.11. The predicted molar refractivity (Wildman–Crippen MR) is 94.8 cm³/mol. The summed E-state index contributed by atoms with van der Waals surface area (Å²) < 4.78 is 11.8. The minimum atomic E-state index is 0.176. The molecule has 1 aliphatic rings. The van der Waals surface area contributed by atoms with E-state index in [0.29, 0.717) is 0 Å². The van der Waals surface area contributed by atoms with Gasteiger partial charge in [-0.2, -0.15) is 0 Å². The highest BCUT2D eigenvalue weighted by molar-refractivity contribution is 4.90. The van der Waals surface area contributed by atoms with Gasteiger partial charge in [0.05, 0.1) is 25.7 Å². The summed E-state index contributed by atoms with van der Waals surface area (Å²) in [6.07, 6.45) is 15.8. The van der Waals surface area contributed by atoms with E-state index in [1.165, 1.54) is 68.9 Å². The van der Waals surface area contributed by atoms with Crippen LogP contribution in [0.2, 0.25) is 0 Å². The topological polar surface area (TPSA) is 18.5 Å². The van der Waals surface area contributed by atoms with Crippen molar-refractivity contribution in [3.05, 3.63) is 23.7 Å². The van der Waals surface area contributed by atoms with Crippen molar-refractivity contribution >= 4 is 0 Å². The Morgan fingerprint density at radius 1 is 0.682 bits per heavy atom. The Labute approximate surface area is 138 Å². The highest BCUT2D eigenvalue weighted by Gasteiger charge is 2.31. The zero-order chi connectivity index (χ0) is 16.3. The number of ether oxygens (including phenoxy) is 2. The van der Waals surface area contributed by atoms with E-state index in [9.17, 15) is 0 Å². The van der Waals surface area contributed by atoms with Gasteiger partial charge in [0.15, 0.2) is 0 Å². The molecule has 0 atom stereocenters. The van der Waals surface area contributed by atoms with Gasteiger partial charge in [0, 0.05) is 5.41 Å². The van der Waals surface area contributed by atoms with Gasteiger partial charge in [0.2, 0.25) is 0 Å². The third-order valence-corrected chi connectivity index (χ3v) is 4.33. The molecular formula is C20H36O2. The Hall–Kier alpha value is -0.920. The summed E-state index contributed by atoms with van der Waals surface area (Å²) in [4.78, 5) is 0. The van der Waals surface area contributed by atoms with E-state index >= 15 is 0 Å². The van der Waals surface area contributed by atoms with Crippen LogP contribution in [0.25, 0.3) is 0 Å². The number of allylic oxidation sites excluding steroid dienone is 2. The SMILES string of the molecule is CC(C)=COCC1(COC=C(C)C)CCCCCCCCC1. The minimum Gasteiger partial charge on any atom is -0.501 e. The molecule has 0 aromatic heterocycles. The van der Waals surface area contributed by atoms with Crippen LogP contribution in [0.3, 0.4) is 0 Å². The first-order valence-electron chi connectivity index (χ1n) is 9.04. The lowest BCUT2D eigenvalue weighted by Crippen LogP contribution is -2.32. The molecular weight excluding hydrogens is 272 g/mol. The number of rotatable bonds is 6. The van der Waals surface area contributed by atoms with Crippen molar-refractivity contribution in [3.8, 4) is 0 Å². The van der Waals surface area contributed by atoms with Gasteiger partial charge >= 0.3 is 0 Å². The first-order chi connectivity index (χ1) is 10.5. The van der Waals surface area contributed by atoms with Gasteiger partial charge in [-0.05, 0) is 51.7 Å². The molecule has 1 rings (SSSR count). The molecule has 2 nitrogen and oxygen atoms in total. The van der Waals surface area contributed by atoms with Gasteiger partial charge in [-0.25, -0.2) is 0 Å². The molecule has 0 N–H and O–H groups in total. The molecule has 0 aliphatic heterocycles. The second kappa shape index (κ2) is 10.7. The third kappa shape index (κ3) is 8.51. The lowest BCUT2D eigenvalue weighted by Gasteiger charge is -2.33. The average molecular weight is 309 g/mol. The molecule has 0 unspecified atom stereocenters. The summed E-state index contributed by atoms with van der Waals surface area (Å²) in [5.41, 5.74) is 2.62. The quantitative estimate of drug-likeness (QED) is 0.530. The fourth-order valence-electron chi connectivity index (χ4n) is 3.11. The van der Waals surface area contributed by atoms with Crippen molar-refractivity contribution in [2.24, 2.45) is 5.41 Å². The Kier molecular flexibility index (Phi) is 9.34. The molecule has 0 spiro atoms. The Bertz CT molecular complexity index is 313. The van der Waals surface area contributed by atoms with Crippen LogP contribution in [0, 0.1) is 5.41 Å². The molecule has 0 saturated heterocycles. The van der Waals surface area contributed by atoms with Crippen LogP contribution in [0.5, 0.6) is 0 Å². The zero-order valence-electron chi connectivity index (χ0n) is 15.2. The van der Waals surface area contributed by atoms with E-state index in [1.807, 2.05) is 12.5 Å². The van der Waals surface area contributed by atoms with Crippen molar-refractivity contribution in [1.82, 2.24) is 0 Å². The van der Waals surface area contributed by atoms with Crippen LogP contribution in [0.15, 0.2) is 23.7 Å². The maximum atomic E-state index is 5.90. The van der Waals surface area contributed by atoms with Crippen LogP contribution in [-0.2, 0) is 9.47 Å². The monoisotopic (exact) mass is 308 g/mol. The van der Waals surface area contributed by atoms with Crippen LogP contribution in [-0.4, -0.2) is 13.2 Å². The first-order valence-corrected chi connectivity index (χ1v) is 9.04. The van der Waals surface area contributed by atoms with E-state index in [1.54, 1.807) is 0 Å². The molecule has 0 heterocycles. The van der Waals surface area contributed by atoms with Crippen molar-refractivity contribution < 1.29 is 9.47 Å². The van der Waals surface area contributed by atoms with Crippen LogP contribution >= 0.6 is 0 Å². The Morgan fingerprint density at radius 3 is 1.41 bits per heavy atom. The van der Waals surface area contributed by atoms with E-state index in [4.69, 9.17) is 9.47 Å². The van der Waals surface area contributed by atoms with Crippen LogP contribution in [0.1, 0.15) is 85.5 Å². The van der Waals surface area contributed by atoms with Gasteiger partial charge in [-0.3, -0.25) is 0 Å². The molecule has 1 aliphatic carbocycles. The molecule has 0 radical (unpaired) electrons. The van der Waals surface area contributed by atoms with E-state index in [0.717, 1.165) is 13.2 Å². The smallest absolute Gasteiger partial charge is 0.0962 e. The summed E-state index contributed by atoms with van der Waals surface area (Å²) in [6, 6.07) is 0.